The Bertz CT molecular complexity index is 374. The molecule has 1 aromatic heterocycles. The molecule has 5 heteroatoms. The third-order valence-electron chi connectivity index (χ3n) is 2.83. The molecule has 1 atom stereocenters. The van der Waals surface area contributed by atoms with Gasteiger partial charge in [0, 0.05) is 19.7 Å². The summed E-state index contributed by atoms with van der Waals surface area (Å²) >= 11 is 0. The van der Waals surface area contributed by atoms with Gasteiger partial charge in [-0.15, -0.1) is 0 Å². The van der Waals surface area contributed by atoms with Crippen molar-refractivity contribution in [2.45, 2.75) is 39.2 Å². The van der Waals surface area contributed by atoms with Gasteiger partial charge in [-0.05, 0) is 25.3 Å². The molecular weight excluding hydrogens is 218 g/mol. The zero-order valence-electron chi connectivity index (χ0n) is 10.7. The normalized spacial score (nSPS) is 12.5. The number of rotatable bonds is 6. The number of nitrogens with zero attached hydrogens (tertiary/aromatic N) is 2. The molecule has 0 fully saturated rings. The van der Waals surface area contributed by atoms with Crippen LogP contribution in [0.2, 0.25) is 0 Å². The lowest BCUT2D eigenvalue weighted by Crippen LogP contribution is -2.36. The van der Waals surface area contributed by atoms with Crippen LogP contribution in [0.25, 0.3) is 0 Å². The van der Waals surface area contributed by atoms with E-state index in [1.807, 2.05) is 13.8 Å². The third kappa shape index (κ3) is 3.56. The summed E-state index contributed by atoms with van der Waals surface area (Å²) in [5.74, 6) is -0.125. The molecule has 0 aliphatic rings. The summed E-state index contributed by atoms with van der Waals surface area (Å²) in [6.45, 7) is 4.08. The maximum atomic E-state index is 12.0. The molecule has 0 saturated carbocycles. The average molecular weight is 239 g/mol. The predicted molar refractivity (Wildman–Crippen MR) is 65.8 cm³/mol. The lowest BCUT2D eigenvalue weighted by molar-refractivity contribution is 0.0919. The summed E-state index contributed by atoms with van der Waals surface area (Å²) in [7, 11) is 1.76. The van der Waals surface area contributed by atoms with Gasteiger partial charge in [-0.1, -0.05) is 13.8 Å². The van der Waals surface area contributed by atoms with Gasteiger partial charge in [-0.3, -0.25) is 9.48 Å². The van der Waals surface area contributed by atoms with Crippen molar-refractivity contribution in [1.82, 2.24) is 15.1 Å². The average Bonchev–Trinajstić information content (AvgIpc) is 2.70. The molecule has 0 aromatic carbocycles. The van der Waals surface area contributed by atoms with Gasteiger partial charge < -0.3 is 10.4 Å². The van der Waals surface area contributed by atoms with Crippen LogP contribution >= 0.6 is 0 Å². The number of aromatic nitrogens is 2. The van der Waals surface area contributed by atoms with Crippen molar-refractivity contribution in [1.29, 1.82) is 0 Å². The summed E-state index contributed by atoms with van der Waals surface area (Å²) < 4.78 is 1.60. The lowest BCUT2D eigenvalue weighted by atomic mass is 10.1. The van der Waals surface area contributed by atoms with Gasteiger partial charge in [0.15, 0.2) is 0 Å². The summed E-state index contributed by atoms with van der Waals surface area (Å²) in [4.78, 5) is 12.0. The number of nitrogens with one attached hydrogen (secondary N) is 1. The highest BCUT2D eigenvalue weighted by Crippen LogP contribution is 2.05. The maximum absolute atomic E-state index is 12.0. The van der Waals surface area contributed by atoms with E-state index in [0.717, 1.165) is 18.5 Å². The Balaban J connectivity index is 2.71. The molecule has 96 valence electrons. The van der Waals surface area contributed by atoms with E-state index in [9.17, 15) is 4.79 Å². The van der Waals surface area contributed by atoms with E-state index in [1.54, 1.807) is 17.8 Å². The minimum Gasteiger partial charge on any atom is -0.396 e. The van der Waals surface area contributed by atoms with E-state index in [-0.39, 0.29) is 18.6 Å². The molecule has 0 spiro atoms. The summed E-state index contributed by atoms with van der Waals surface area (Å²) in [5, 5.41) is 16.0. The van der Waals surface area contributed by atoms with E-state index in [1.165, 1.54) is 0 Å². The molecule has 1 aromatic rings. The van der Waals surface area contributed by atoms with Gasteiger partial charge in [0.2, 0.25) is 0 Å². The second-order valence-corrected chi connectivity index (χ2v) is 4.09. The van der Waals surface area contributed by atoms with Crippen molar-refractivity contribution in [2.24, 2.45) is 7.05 Å². The number of aliphatic hydroxyl groups excluding tert-OH is 1. The van der Waals surface area contributed by atoms with Crippen molar-refractivity contribution in [3.05, 3.63) is 17.5 Å². The summed E-state index contributed by atoms with van der Waals surface area (Å²) in [5.41, 5.74) is 1.48. The Hall–Kier alpha value is -1.36. The molecule has 5 nitrogen and oxygen atoms in total. The van der Waals surface area contributed by atoms with E-state index >= 15 is 0 Å². The first-order valence-electron chi connectivity index (χ1n) is 6.07. The Morgan fingerprint density at radius 3 is 2.76 bits per heavy atom. The molecule has 0 radical (unpaired) electrons. The summed E-state index contributed by atoms with van der Waals surface area (Å²) in [6.07, 6.45) is 2.21. The first kappa shape index (κ1) is 13.7. The maximum Gasteiger partial charge on any atom is 0.269 e. The molecule has 0 aliphatic heterocycles. The number of aliphatic hydroxyl groups is 1. The Morgan fingerprint density at radius 1 is 1.59 bits per heavy atom. The molecule has 0 saturated heterocycles. The Morgan fingerprint density at radius 2 is 2.29 bits per heavy atom. The summed E-state index contributed by atoms with van der Waals surface area (Å²) in [6, 6.07) is 1.83. The number of aryl methyl sites for hydroxylation is 2. The first-order valence-corrected chi connectivity index (χ1v) is 6.07. The van der Waals surface area contributed by atoms with Crippen LogP contribution in [-0.4, -0.2) is 33.4 Å². The van der Waals surface area contributed by atoms with E-state index in [4.69, 9.17) is 5.11 Å². The van der Waals surface area contributed by atoms with Gasteiger partial charge in [-0.2, -0.15) is 5.10 Å². The van der Waals surface area contributed by atoms with Crippen LogP contribution < -0.4 is 5.32 Å². The number of hydrogen-bond acceptors (Lipinski definition) is 3. The van der Waals surface area contributed by atoms with Crippen molar-refractivity contribution in [3.8, 4) is 0 Å². The lowest BCUT2D eigenvalue weighted by Gasteiger charge is -2.15. The van der Waals surface area contributed by atoms with Gasteiger partial charge in [0.25, 0.3) is 5.91 Å². The molecule has 1 heterocycles. The van der Waals surface area contributed by atoms with Crippen LogP contribution in [-0.2, 0) is 13.5 Å². The van der Waals surface area contributed by atoms with E-state index in [0.29, 0.717) is 12.1 Å². The second kappa shape index (κ2) is 6.39. The predicted octanol–water partition coefficient (Wildman–Crippen LogP) is 0.873. The fraction of sp³-hybridized carbons (Fsp3) is 0.667. The van der Waals surface area contributed by atoms with Crippen LogP contribution in [0.15, 0.2) is 6.07 Å². The number of carbonyl (C=O) groups excluding carboxylic acids is 1. The first-order chi connectivity index (χ1) is 8.12. The zero-order valence-corrected chi connectivity index (χ0v) is 10.7. The van der Waals surface area contributed by atoms with Gasteiger partial charge >= 0.3 is 0 Å². The van der Waals surface area contributed by atoms with Crippen LogP contribution in [0, 0.1) is 0 Å². The molecular formula is C12H21N3O2. The third-order valence-corrected chi connectivity index (χ3v) is 2.83. The SMILES string of the molecule is CCc1cc(C(=O)NC(CC)CCO)n(C)n1. The van der Waals surface area contributed by atoms with E-state index < -0.39 is 0 Å². The minimum atomic E-state index is -0.125. The Kier molecular flexibility index (Phi) is 5.15. The molecule has 2 N–H and O–H groups in total. The smallest absolute Gasteiger partial charge is 0.269 e. The number of carbonyl (C=O) groups is 1. The highest BCUT2D eigenvalue weighted by atomic mass is 16.3. The van der Waals surface area contributed by atoms with Crippen LogP contribution in [0.5, 0.6) is 0 Å². The highest BCUT2D eigenvalue weighted by Gasteiger charge is 2.15. The quantitative estimate of drug-likeness (QED) is 0.774. The molecule has 17 heavy (non-hydrogen) atoms. The second-order valence-electron chi connectivity index (χ2n) is 4.09. The van der Waals surface area contributed by atoms with Crippen molar-refractivity contribution >= 4 is 5.91 Å². The monoisotopic (exact) mass is 239 g/mol. The standard InChI is InChI=1S/C12H21N3O2/c1-4-9(6-7-16)13-12(17)11-8-10(5-2)14-15(11)3/h8-9,16H,4-7H2,1-3H3,(H,13,17). The highest BCUT2D eigenvalue weighted by molar-refractivity contribution is 5.92. The van der Waals surface area contributed by atoms with Gasteiger partial charge in [0.1, 0.15) is 5.69 Å². The fourth-order valence-electron chi connectivity index (χ4n) is 1.71. The molecule has 1 rings (SSSR count). The topological polar surface area (TPSA) is 67.2 Å². The van der Waals surface area contributed by atoms with Gasteiger partial charge in [-0.25, -0.2) is 0 Å². The molecule has 0 aliphatic carbocycles. The molecule has 1 amide bonds. The van der Waals surface area contributed by atoms with Crippen LogP contribution in [0.1, 0.15) is 42.9 Å². The minimum absolute atomic E-state index is 0.0208. The number of hydrogen-bond donors (Lipinski definition) is 2. The molecule has 0 bridgehead atoms. The Labute approximate surface area is 102 Å². The fourth-order valence-corrected chi connectivity index (χ4v) is 1.71. The van der Waals surface area contributed by atoms with Gasteiger partial charge in [0.05, 0.1) is 5.69 Å². The van der Waals surface area contributed by atoms with E-state index in [2.05, 4.69) is 10.4 Å². The largest absolute Gasteiger partial charge is 0.396 e. The van der Waals surface area contributed by atoms with Crippen LogP contribution in [0.4, 0.5) is 0 Å². The van der Waals surface area contributed by atoms with Crippen LogP contribution in [0.3, 0.4) is 0 Å². The van der Waals surface area contributed by atoms with Crippen molar-refractivity contribution < 1.29 is 9.90 Å². The molecule has 1 unspecified atom stereocenters. The van der Waals surface area contributed by atoms with Crippen molar-refractivity contribution in [3.63, 3.8) is 0 Å². The van der Waals surface area contributed by atoms with Crippen molar-refractivity contribution in [2.75, 3.05) is 6.61 Å². The zero-order chi connectivity index (χ0) is 12.8. The number of amides is 1.